The maximum atomic E-state index is 12.0. The molecule has 1 rings (SSSR count). The largest absolute Gasteiger partial charge is 0.399 e. The molecule has 0 aliphatic heterocycles. The Morgan fingerprint density at radius 2 is 1.95 bits per heavy atom. The highest BCUT2D eigenvalue weighted by molar-refractivity contribution is 5.76. The van der Waals surface area contributed by atoms with Crippen LogP contribution in [-0.2, 0) is 4.79 Å². The van der Waals surface area contributed by atoms with Gasteiger partial charge in [-0.05, 0) is 44.6 Å². The highest BCUT2D eigenvalue weighted by Gasteiger charge is 2.22. The number of nitrogens with two attached hydrogens (primary N) is 1. The smallest absolute Gasteiger partial charge is 0.220 e. The maximum absolute atomic E-state index is 12.0. The van der Waals surface area contributed by atoms with Crippen LogP contribution in [0.1, 0.15) is 31.7 Å². The summed E-state index contributed by atoms with van der Waals surface area (Å²) in [6.45, 7) is 4.47. The van der Waals surface area contributed by atoms with Gasteiger partial charge in [0.15, 0.2) is 0 Å². The fourth-order valence-electron chi connectivity index (χ4n) is 2.32. The van der Waals surface area contributed by atoms with Crippen molar-refractivity contribution in [2.45, 2.75) is 31.8 Å². The molecule has 0 aromatic heterocycles. The van der Waals surface area contributed by atoms with Crippen molar-refractivity contribution in [1.29, 1.82) is 0 Å². The van der Waals surface area contributed by atoms with Gasteiger partial charge in [-0.2, -0.15) is 0 Å². The average molecular weight is 293 g/mol. The Balaban J connectivity index is 2.44. The standard InChI is InChI=1S/C16H27N3O2/c1-12(13-5-7-14(17)8-6-13)9-15(20)18-10-16(2,21)11-19(3)4/h5-8,12,21H,9-11,17H2,1-4H3,(H,18,20). The van der Waals surface area contributed by atoms with Gasteiger partial charge in [0, 0.05) is 25.2 Å². The van der Waals surface area contributed by atoms with Gasteiger partial charge in [0.1, 0.15) is 0 Å². The number of hydrogen-bond donors (Lipinski definition) is 3. The molecule has 1 amide bonds. The summed E-state index contributed by atoms with van der Waals surface area (Å²) >= 11 is 0. The van der Waals surface area contributed by atoms with E-state index in [0.29, 0.717) is 13.0 Å². The summed E-state index contributed by atoms with van der Waals surface area (Å²) in [5.74, 6) is 0.0581. The first-order chi connectivity index (χ1) is 9.69. The number of carbonyl (C=O) groups is 1. The predicted octanol–water partition coefficient (Wildman–Crippen LogP) is 1.19. The zero-order chi connectivity index (χ0) is 16.0. The van der Waals surface area contributed by atoms with E-state index in [1.807, 2.05) is 50.2 Å². The van der Waals surface area contributed by atoms with Crippen LogP contribution in [-0.4, -0.2) is 48.7 Å². The maximum Gasteiger partial charge on any atom is 0.220 e. The zero-order valence-corrected chi connectivity index (χ0v) is 13.4. The number of aliphatic hydroxyl groups is 1. The van der Waals surface area contributed by atoms with Crippen LogP contribution in [0.15, 0.2) is 24.3 Å². The lowest BCUT2D eigenvalue weighted by Crippen LogP contribution is -2.47. The first kappa shape index (κ1) is 17.5. The van der Waals surface area contributed by atoms with Crippen LogP contribution in [0, 0.1) is 0 Å². The molecule has 0 aliphatic carbocycles. The van der Waals surface area contributed by atoms with Crippen molar-refractivity contribution in [3.05, 3.63) is 29.8 Å². The van der Waals surface area contributed by atoms with Crippen LogP contribution >= 0.6 is 0 Å². The van der Waals surface area contributed by atoms with Gasteiger partial charge in [0.2, 0.25) is 5.91 Å². The molecule has 0 fully saturated rings. The van der Waals surface area contributed by atoms with Crippen molar-refractivity contribution in [1.82, 2.24) is 10.2 Å². The van der Waals surface area contributed by atoms with Crippen LogP contribution < -0.4 is 11.1 Å². The van der Waals surface area contributed by atoms with Crippen LogP contribution in [0.4, 0.5) is 5.69 Å². The summed E-state index contributed by atoms with van der Waals surface area (Å²) in [5, 5.41) is 12.9. The molecular weight excluding hydrogens is 266 g/mol. The van der Waals surface area contributed by atoms with Crippen LogP contribution in [0.5, 0.6) is 0 Å². The number of nitrogens with one attached hydrogen (secondary N) is 1. The summed E-state index contributed by atoms with van der Waals surface area (Å²) in [6.07, 6.45) is 0.391. The molecular formula is C16H27N3O2. The lowest BCUT2D eigenvalue weighted by Gasteiger charge is -2.27. The van der Waals surface area contributed by atoms with E-state index >= 15 is 0 Å². The minimum atomic E-state index is -0.927. The van der Waals surface area contributed by atoms with Crippen molar-refractivity contribution in [2.75, 3.05) is 32.9 Å². The van der Waals surface area contributed by atoms with E-state index < -0.39 is 5.60 Å². The molecule has 0 aliphatic rings. The third kappa shape index (κ3) is 6.60. The number of nitrogen functional groups attached to an aromatic ring is 1. The number of likely N-dealkylation sites (N-methyl/N-ethyl adjacent to an activating group) is 1. The van der Waals surface area contributed by atoms with E-state index in [-0.39, 0.29) is 18.4 Å². The summed E-state index contributed by atoms with van der Waals surface area (Å²) in [5.41, 5.74) is 6.53. The Bertz CT molecular complexity index is 455. The van der Waals surface area contributed by atoms with Gasteiger partial charge >= 0.3 is 0 Å². The van der Waals surface area contributed by atoms with Crippen molar-refractivity contribution in [3.8, 4) is 0 Å². The van der Waals surface area contributed by atoms with Gasteiger partial charge in [-0.25, -0.2) is 0 Å². The summed E-state index contributed by atoms with van der Waals surface area (Å²) in [7, 11) is 3.78. The highest BCUT2D eigenvalue weighted by atomic mass is 16.3. The first-order valence-corrected chi connectivity index (χ1v) is 7.19. The number of carbonyl (C=O) groups excluding carboxylic acids is 1. The fraction of sp³-hybridized carbons (Fsp3) is 0.562. The lowest BCUT2D eigenvalue weighted by molar-refractivity contribution is -0.122. The molecule has 4 N–H and O–H groups in total. The SMILES string of the molecule is CC(CC(=O)NCC(C)(O)CN(C)C)c1ccc(N)cc1. The Morgan fingerprint density at radius 1 is 1.38 bits per heavy atom. The molecule has 118 valence electrons. The van der Waals surface area contributed by atoms with Gasteiger partial charge < -0.3 is 21.1 Å². The van der Waals surface area contributed by atoms with E-state index in [4.69, 9.17) is 5.73 Å². The van der Waals surface area contributed by atoms with Gasteiger partial charge in [-0.3, -0.25) is 4.79 Å². The van der Waals surface area contributed by atoms with Crippen LogP contribution in [0.3, 0.4) is 0 Å². The Labute approximate surface area is 127 Å². The van der Waals surface area contributed by atoms with Crippen LogP contribution in [0.2, 0.25) is 0 Å². The second kappa shape index (κ2) is 7.43. The molecule has 21 heavy (non-hydrogen) atoms. The molecule has 0 radical (unpaired) electrons. The Kier molecular flexibility index (Phi) is 6.18. The monoisotopic (exact) mass is 293 g/mol. The molecule has 5 heteroatoms. The highest BCUT2D eigenvalue weighted by Crippen LogP contribution is 2.20. The second-order valence-electron chi connectivity index (χ2n) is 6.28. The lowest BCUT2D eigenvalue weighted by atomic mass is 9.97. The number of rotatable bonds is 7. The van der Waals surface area contributed by atoms with E-state index in [1.165, 1.54) is 0 Å². The molecule has 0 saturated carbocycles. The van der Waals surface area contributed by atoms with E-state index in [0.717, 1.165) is 11.3 Å². The quantitative estimate of drug-likeness (QED) is 0.660. The van der Waals surface area contributed by atoms with Gasteiger partial charge in [-0.1, -0.05) is 19.1 Å². The topological polar surface area (TPSA) is 78.6 Å². The third-order valence-electron chi connectivity index (χ3n) is 3.32. The summed E-state index contributed by atoms with van der Waals surface area (Å²) < 4.78 is 0. The second-order valence-corrected chi connectivity index (χ2v) is 6.28. The molecule has 1 aromatic rings. The van der Waals surface area contributed by atoms with Gasteiger partial charge in [0.25, 0.3) is 0 Å². The van der Waals surface area contributed by atoms with E-state index in [1.54, 1.807) is 6.92 Å². The van der Waals surface area contributed by atoms with Crippen molar-refractivity contribution in [3.63, 3.8) is 0 Å². The van der Waals surface area contributed by atoms with Crippen molar-refractivity contribution >= 4 is 11.6 Å². The number of nitrogens with zero attached hydrogens (tertiary/aromatic N) is 1. The van der Waals surface area contributed by atoms with Crippen molar-refractivity contribution < 1.29 is 9.90 Å². The average Bonchev–Trinajstić information content (AvgIpc) is 2.36. The molecule has 0 heterocycles. The third-order valence-corrected chi connectivity index (χ3v) is 3.32. The number of hydrogen-bond acceptors (Lipinski definition) is 4. The Hall–Kier alpha value is -1.59. The van der Waals surface area contributed by atoms with Gasteiger partial charge in [-0.15, -0.1) is 0 Å². The van der Waals surface area contributed by atoms with E-state index in [2.05, 4.69) is 5.32 Å². The molecule has 2 atom stereocenters. The molecule has 0 saturated heterocycles. The molecule has 5 nitrogen and oxygen atoms in total. The van der Waals surface area contributed by atoms with Crippen molar-refractivity contribution in [2.24, 2.45) is 0 Å². The number of anilines is 1. The molecule has 0 spiro atoms. The minimum Gasteiger partial charge on any atom is -0.399 e. The van der Waals surface area contributed by atoms with Crippen LogP contribution in [0.25, 0.3) is 0 Å². The summed E-state index contributed by atoms with van der Waals surface area (Å²) in [6, 6.07) is 7.56. The first-order valence-electron chi connectivity index (χ1n) is 7.19. The molecule has 1 aromatic carbocycles. The predicted molar refractivity (Wildman–Crippen MR) is 86.1 cm³/mol. The van der Waals surface area contributed by atoms with Gasteiger partial charge in [0.05, 0.1) is 5.60 Å². The minimum absolute atomic E-state index is 0.0571. The molecule has 2 unspecified atom stereocenters. The summed E-state index contributed by atoms with van der Waals surface area (Å²) in [4.78, 5) is 13.9. The van der Waals surface area contributed by atoms with E-state index in [9.17, 15) is 9.90 Å². The normalized spacial score (nSPS) is 15.5. The number of benzene rings is 1. The molecule has 0 bridgehead atoms. The zero-order valence-electron chi connectivity index (χ0n) is 13.4. The Morgan fingerprint density at radius 3 is 2.48 bits per heavy atom. The fourth-order valence-corrected chi connectivity index (χ4v) is 2.32. The number of amides is 1.